The monoisotopic (exact) mass is 573 g/mol. The van der Waals surface area contributed by atoms with Crippen LogP contribution in [0, 0.1) is 5.92 Å². The lowest BCUT2D eigenvalue weighted by molar-refractivity contribution is 0.250. The van der Waals surface area contributed by atoms with E-state index in [1.54, 1.807) is 0 Å². The van der Waals surface area contributed by atoms with Crippen LogP contribution in [0.25, 0.3) is 11.0 Å². The minimum Gasteiger partial charge on any atom is -0.363 e. The van der Waals surface area contributed by atoms with Crippen LogP contribution in [0.4, 0.5) is 17.3 Å². The summed E-state index contributed by atoms with van der Waals surface area (Å²) in [5, 5.41) is 0. The van der Waals surface area contributed by atoms with Gasteiger partial charge in [0.1, 0.15) is 0 Å². The predicted octanol–water partition coefficient (Wildman–Crippen LogP) is 3.96. The Balaban J connectivity index is 1.29. The summed E-state index contributed by atoms with van der Waals surface area (Å²) in [7, 11) is 4.32. The zero-order valence-electron chi connectivity index (χ0n) is 26.0. The van der Waals surface area contributed by atoms with Crippen molar-refractivity contribution in [2.24, 2.45) is 10.9 Å². The normalized spacial score (nSPS) is 19.8. The van der Waals surface area contributed by atoms with Gasteiger partial charge in [-0.15, -0.1) is 13.2 Å². The van der Waals surface area contributed by atoms with Crippen molar-refractivity contribution in [1.82, 2.24) is 29.6 Å². The van der Waals surface area contributed by atoms with E-state index in [1.165, 1.54) is 32.2 Å². The summed E-state index contributed by atoms with van der Waals surface area (Å²) in [6.07, 6.45) is 11.2. The Labute approximate surface area is 253 Å². The van der Waals surface area contributed by atoms with Crippen molar-refractivity contribution in [2.45, 2.75) is 25.7 Å². The number of rotatable bonds is 12. The Morgan fingerprint density at radius 3 is 1.93 bits per heavy atom. The molecule has 5 rings (SSSR count). The molecule has 0 amide bonds. The van der Waals surface area contributed by atoms with Crippen molar-refractivity contribution in [3.63, 3.8) is 0 Å². The molecule has 228 valence electrons. The summed E-state index contributed by atoms with van der Waals surface area (Å²) in [6, 6.07) is 6.28. The van der Waals surface area contributed by atoms with Gasteiger partial charge in [0.05, 0.1) is 23.1 Å². The molecule has 2 aromatic rings. The minimum atomic E-state index is 0.849. The van der Waals surface area contributed by atoms with Gasteiger partial charge in [-0.1, -0.05) is 12.2 Å². The highest BCUT2D eigenvalue weighted by Gasteiger charge is 2.26. The molecule has 3 fully saturated rings. The molecule has 42 heavy (non-hydrogen) atoms. The number of aliphatic imine (C=N–C) groups is 1. The average Bonchev–Trinajstić information content (AvgIpc) is 3.01. The summed E-state index contributed by atoms with van der Waals surface area (Å²) in [4.78, 5) is 29.8. The molecular weight excluding hydrogens is 522 g/mol. The van der Waals surface area contributed by atoms with Crippen LogP contribution in [-0.2, 0) is 0 Å². The van der Waals surface area contributed by atoms with Crippen molar-refractivity contribution >= 4 is 34.7 Å². The van der Waals surface area contributed by atoms with Gasteiger partial charge in [-0.05, 0) is 70.4 Å². The van der Waals surface area contributed by atoms with Crippen molar-refractivity contribution in [3.8, 4) is 0 Å². The number of nitrogens with zero attached hydrogens (tertiary/aromatic N) is 9. The van der Waals surface area contributed by atoms with Crippen LogP contribution >= 0.6 is 0 Å². The van der Waals surface area contributed by atoms with Crippen LogP contribution in [0.2, 0.25) is 0 Å². The highest BCUT2D eigenvalue weighted by atomic mass is 15.3. The van der Waals surface area contributed by atoms with Crippen LogP contribution in [0.5, 0.6) is 0 Å². The van der Waals surface area contributed by atoms with E-state index in [9.17, 15) is 0 Å². The zero-order chi connectivity index (χ0) is 29.3. The van der Waals surface area contributed by atoms with Gasteiger partial charge in [-0.2, -0.15) is 0 Å². The maximum Gasteiger partial charge on any atom is 0.172 e. The van der Waals surface area contributed by atoms with E-state index in [2.05, 4.69) is 74.9 Å². The molecular formula is C33H51N9. The molecule has 9 heteroatoms. The first-order valence-electron chi connectivity index (χ1n) is 15.9. The second-order valence-electron chi connectivity index (χ2n) is 12.4. The second kappa shape index (κ2) is 14.9. The number of piperazine rings is 2. The van der Waals surface area contributed by atoms with E-state index in [0.29, 0.717) is 0 Å². The van der Waals surface area contributed by atoms with E-state index in [0.717, 1.165) is 113 Å². The first-order chi connectivity index (χ1) is 20.5. The zero-order valence-corrected chi connectivity index (χ0v) is 26.0. The SMILES string of the molecule is C=CCN1CCN(c2nc3ccc(/N=C/N4CCC(CCCN(C)C)CC4)cc3nc2N2CCN(CC=C)CC2)CC1. The number of piperidine rings is 1. The van der Waals surface area contributed by atoms with Gasteiger partial charge in [0.15, 0.2) is 11.6 Å². The van der Waals surface area contributed by atoms with Gasteiger partial charge >= 0.3 is 0 Å². The molecule has 0 aliphatic carbocycles. The molecule has 0 N–H and O–H groups in total. The first-order valence-corrected chi connectivity index (χ1v) is 15.9. The van der Waals surface area contributed by atoms with Crippen LogP contribution in [-0.4, -0.2) is 135 Å². The molecule has 3 saturated heterocycles. The fraction of sp³-hybridized carbons (Fsp3) is 0.606. The van der Waals surface area contributed by atoms with Crippen LogP contribution < -0.4 is 9.80 Å². The fourth-order valence-corrected chi connectivity index (χ4v) is 6.38. The van der Waals surface area contributed by atoms with Crippen LogP contribution in [0.1, 0.15) is 25.7 Å². The third-order valence-corrected chi connectivity index (χ3v) is 8.97. The number of likely N-dealkylation sites (tertiary alicyclic amines) is 1. The van der Waals surface area contributed by atoms with E-state index in [1.807, 2.05) is 18.5 Å². The third kappa shape index (κ3) is 8.08. The summed E-state index contributed by atoms with van der Waals surface area (Å²) in [5.74, 6) is 2.87. The highest BCUT2D eigenvalue weighted by molar-refractivity contribution is 5.84. The maximum atomic E-state index is 5.27. The van der Waals surface area contributed by atoms with Crippen molar-refractivity contribution in [1.29, 1.82) is 0 Å². The molecule has 0 unspecified atom stereocenters. The van der Waals surface area contributed by atoms with Gasteiger partial charge in [0.2, 0.25) is 0 Å². The molecule has 9 nitrogen and oxygen atoms in total. The molecule has 0 saturated carbocycles. The number of fused-ring (bicyclic) bond motifs is 1. The lowest BCUT2D eigenvalue weighted by atomic mass is 9.92. The molecule has 1 aromatic carbocycles. The molecule has 1 aromatic heterocycles. The Morgan fingerprint density at radius 2 is 1.38 bits per heavy atom. The first kappa shape index (κ1) is 30.4. The van der Waals surface area contributed by atoms with E-state index < -0.39 is 0 Å². The molecule has 0 bridgehead atoms. The number of anilines is 2. The van der Waals surface area contributed by atoms with Gasteiger partial charge < -0.3 is 19.6 Å². The number of hydrogen-bond acceptors (Lipinski definition) is 8. The molecule has 4 heterocycles. The second-order valence-corrected chi connectivity index (χ2v) is 12.4. The Hall–Kier alpha value is -3.01. The van der Waals surface area contributed by atoms with E-state index >= 15 is 0 Å². The quantitative estimate of drug-likeness (QED) is 0.215. The van der Waals surface area contributed by atoms with Crippen molar-refractivity contribution in [3.05, 3.63) is 43.5 Å². The fourth-order valence-electron chi connectivity index (χ4n) is 6.38. The van der Waals surface area contributed by atoms with Crippen LogP contribution in [0.15, 0.2) is 48.5 Å². The molecule has 0 radical (unpaired) electrons. The predicted molar refractivity (Wildman–Crippen MR) is 177 cm³/mol. The molecule has 3 aliphatic heterocycles. The summed E-state index contributed by atoms with van der Waals surface area (Å²) in [6.45, 7) is 20.9. The van der Waals surface area contributed by atoms with Gasteiger partial charge in [-0.3, -0.25) is 9.80 Å². The lowest BCUT2D eigenvalue weighted by Crippen LogP contribution is -2.49. The third-order valence-electron chi connectivity index (χ3n) is 8.97. The lowest BCUT2D eigenvalue weighted by Gasteiger charge is -2.39. The minimum absolute atomic E-state index is 0.849. The Kier molecular flexibility index (Phi) is 10.8. The van der Waals surface area contributed by atoms with Crippen LogP contribution in [0.3, 0.4) is 0 Å². The van der Waals surface area contributed by atoms with Gasteiger partial charge in [-0.25, -0.2) is 15.0 Å². The van der Waals surface area contributed by atoms with E-state index in [-0.39, 0.29) is 0 Å². The number of benzene rings is 1. The van der Waals surface area contributed by atoms with Gasteiger partial charge in [0, 0.05) is 78.5 Å². The van der Waals surface area contributed by atoms with Crippen molar-refractivity contribution < 1.29 is 0 Å². The van der Waals surface area contributed by atoms with Gasteiger partial charge in [0.25, 0.3) is 0 Å². The highest BCUT2D eigenvalue weighted by Crippen LogP contribution is 2.31. The molecule has 3 aliphatic rings. The summed E-state index contributed by atoms with van der Waals surface area (Å²) >= 11 is 0. The summed E-state index contributed by atoms with van der Waals surface area (Å²) in [5.41, 5.74) is 2.80. The number of hydrogen-bond donors (Lipinski definition) is 0. The maximum absolute atomic E-state index is 5.27. The summed E-state index contributed by atoms with van der Waals surface area (Å²) < 4.78 is 0. The molecule has 0 spiro atoms. The Bertz CT molecular complexity index is 1190. The topological polar surface area (TPSA) is 57.6 Å². The standard InChI is InChI=1S/C33H51N9/c1-5-13-38-18-22-41(23-19-38)32-33(42-24-20-39(14-6-2)21-25-42)36-31-26-29(9-10-30(31)35-32)34-27-40-16-11-28(12-17-40)8-7-15-37(3)4/h5-6,9-10,26-28H,1-2,7-8,11-25H2,3-4H3/b34-27+. The number of aromatic nitrogens is 2. The van der Waals surface area contributed by atoms with E-state index in [4.69, 9.17) is 15.0 Å². The molecule has 0 atom stereocenters. The smallest absolute Gasteiger partial charge is 0.172 e. The largest absolute Gasteiger partial charge is 0.363 e. The Morgan fingerprint density at radius 1 is 0.810 bits per heavy atom. The average molecular weight is 574 g/mol. The van der Waals surface area contributed by atoms with Crippen molar-refractivity contribution in [2.75, 3.05) is 109 Å².